The van der Waals surface area contributed by atoms with Crippen LogP contribution in [0.1, 0.15) is 44.9 Å². The lowest BCUT2D eigenvalue weighted by molar-refractivity contribution is -0.137. The molecule has 0 saturated heterocycles. The first-order valence-electron chi connectivity index (χ1n) is 6.61. The van der Waals surface area contributed by atoms with E-state index < -0.39 is 5.97 Å². The van der Waals surface area contributed by atoms with Gasteiger partial charge >= 0.3 is 12.0 Å². The van der Waals surface area contributed by atoms with Crippen molar-refractivity contribution in [3.8, 4) is 0 Å². The fourth-order valence-corrected chi connectivity index (χ4v) is 2.16. The summed E-state index contributed by atoms with van der Waals surface area (Å²) in [7, 11) is 0. The molecular formula is C12H23N3O3. The molecule has 2 amide bonds. The Balaban J connectivity index is 2.07. The number of urea groups is 1. The monoisotopic (exact) mass is 257 g/mol. The van der Waals surface area contributed by atoms with Gasteiger partial charge in [0.2, 0.25) is 0 Å². The molecular weight excluding hydrogens is 234 g/mol. The summed E-state index contributed by atoms with van der Waals surface area (Å²) in [6.07, 6.45) is 5.55. The SMILES string of the molecule is NC1CCCCC1NC(=O)NCCCCC(=O)O. The summed E-state index contributed by atoms with van der Waals surface area (Å²) in [6, 6.07) is -0.0815. The first-order valence-corrected chi connectivity index (χ1v) is 6.61. The number of unbranched alkanes of at least 4 members (excludes halogenated alkanes) is 1. The van der Waals surface area contributed by atoms with Crippen molar-refractivity contribution >= 4 is 12.0 Å². The van der Waals surface area contributed by atoms with Gasteiger partial charge in [-0.15, -0.1) is 0 Å². The minimum atomic E-state index is -0.798. The molecule has 0 aromatic heterocycles. The Labute approximate surface area is 107 Å². The van der Waals surface area contributed by atoms with Gasteiger partial charge in [-0.05, 0) is 25.7 Å². The molecule has 104 valence electrons. The molecule has 0 heterocycles. The zero-order valence-electron chi connectivity index (χ0n) is 10.7. The number of carbonyl (C=O) groups is 2. The number of rotatable bonds is 6. The van der Waals surface area contributed by atoms with Crippen LogP contribution in [0.4, 0.5) is 4.79 Å². The molecule has 0 aromatic rings. The number of hydrogen-bond donors (Lipinski definition) is 4. The number of aliphatic carboxylic acids is 1. The van der Waals surface area contributed by atoms with Crippen LogP contribution in [0.25, 0.3) is 0 Å². The maximum absolute atomic E-state index is 11.6. The fourth-order valence-electron chi connectivity index (χ4n) is 2.16. The van der Waals surface area contributed by atoms with Gasteiger partial charge in [-0.3, -0.25) is 4.79 Å². The van der Waals surface area contributed by atoms with Gasteiger partial charge in [-0.1, -0.05) is 12.8 Å². The highest BCUT2D eigenvalue weighted by atomic mass is 16.4. The van der Waals surface area contributed by atoms with Crippen molar-refractivity contribution in [3.63, 3.8) is 0 Å². The second-order valence-corrected chi connectivity index (χ2v) is 4.81. The van der Waals surface area contributed by atoms with E-state index in [0.717, 1.165) is 25.7 Å². The Kier molecular flexibility index (Phi) is 6.49. The Morgan fingerprint density at radius 3 is 2.61 bits per heavy atom. The van der Waals surface area contributed by atoms with Crippen LogP contribution in [0.15, 0.2) is 0 Å². The van der Waals surface area contributed by atoms with Gasteiger partial charge in [0.15, 0.2) is 0 Å². The lowest BCUT2D eigenvalue weighted by atomic mass is 9.91. The number of hydrogen-bond acceptors (Lipinski definition) is 3. The quantitative estimate of drug-likeness (QED) is 0.528. The lowest BCUT2D eigenvalue weighted by Crippen LogP contribution is -2.52. The molecule has 18 heavy (non-hydrogen) atoms. The number of carboxylic acid groups (broad SMARTS) is 1. The van der Waals surface area contributed by atoms with E-state index in [1.807, 2.05) is 0 Å². The average Bonchev–Trinajstić information content (AvgIpc) is 2.31. The molecule has 2 unspecified atom stereocenters. The topological polar surface area (TPSA) is 104 Å². The van der Waals surface area contributed by atoms with Crippen molar-refractivity contribution in [3.05, 3.63) is 0 Å². The van der Waals surface area contributed by atoms with E-state index in [9.17, 15) is 9.59 Å². The van der Waals surface area contributed by atoms with E-state index >= 15 is 0 Å². The molecule has 0 radical (unpaired) electrons. The highest BCUT2D eigenvalue weighted by molar-refractivity contribution is 5.74. The largest absolute Gasteiger partial charge is 0.481 e. The molecule has 1 fully saturated rings. The van der Waals surface area contributed by atoms with Crippen LogP contribution in [0.5, 0.6) is 0 Å². The van der Waals surface area contributed by atoms with E-state index in [0.29, 0.717) is 19.4 Å². The molecule has 5 N–H and O–H groups in total. The van der Waals surface area contributed by atoms with Gasteiger partial charge in [0.25, 0.3) is 0 Å². The second-order valence-electron chi connectivity index (χ2n) is 4.81. The van der Waals surface area contributed by atoms with Crippen molar-refractivity contribution in [1.29, 1.82) is 0 Å². The predicted molar refractivity (Wildman–Crippen MR) is 68.3 cm³/mol. The van der Waals surface area contributed by atoms with E-state index in [-0.39, 0.29) is 24.5 Å². The summed E-state index contributed by atoms with van der Waals surface area (Å²) in [5.41, 5.74) is 5.93. The van der Waals surface area contributed by atoms with Crippen molar-refractivity contribution < 1.29 is 14.7 Å². The second kappa shape index (κ2) is 7.92. The van der Waals surface area contributed by atoms with Crippen molar-refractivity contribution in [2.45, 2.75) is 57.0 Å². The van der Waals surface area contributed by atoms with Gasteiger partial charge < -0.3 is 21.5 Å². The van der Waals surface area contributed by atoms with Crippen molar-refractivity contribution in [1.82, 2.24) is 10.6 Å². The molecule has 0 bridgehead atoms. The summed E-state index contributed by atoms with van der Waals surface area (Å²) >= 11 is 0. The molecule has 0 spiro atoms. The van der Waals surface area contributed by atoms with Crippen LogP contribution in [0.3, 0.4) is 0 Å². The van der Waals surface area contributed by atoms with Gasteiger partial charge in [0.1, 0.15) is 0 Å². The number of nitrogens with two attached hydrogens (primary N) is 1. The molecule has 2 atom stereocenters. The van der Waals surface area contributed by atoms with Crippen molar-refractivity contribution in [2.24, 2.45) is 5.73 Å². The molecule has 1 aliphatic rings. The summed E-state index contributed by atoms with van der Waals surface area (Å²) < 4.78 is 0. The van der Waals surface area contributed by atoms with Crippen LogP contribution in [0, 0.1) is 0 Å². The minimum absolute atomic E-state index is 0.0523. The number of nitrogens with one attached hydrogen (secondary N) is 2. The summed E-state index contributed by atoms with van der Waals surface area (Å²) in [5, 5.41) is 14.1. The first-order chi connectivity index (χ1) is 8.59. The maximum atomic E-state index is 11.6. The highest BCUT2D eigenvalue weighted by Crippen LogP contribution is 2.16. The first kappa shape index (κ1) is 14.8. The Bertz CT molecular complexity index is 284. The van der Waals surface area contributed by atoms with Crippen LogP contribution in [-0.4, -0.2) is 35.7 Å². The molecule has 6 nitrogen and oxygen atoms in total. The summed E-state index contributed by atoms with van der Waals surface area (Å²) in [5.74, 6) is -0.798. The minimum Gasteiger partial charge on any atom is -0.481 e. The molecule has 1 rings (SSSR count). The van der Waals surface area contributed by atoms with Gasteiger partial charge in [-0.25, -0.2) is 4.79 Å². The zero-order chi connectivity index (χ0) is 13.4. The van der Waals surface area contributed by atoms with Crippen molar-refractivity contribution in [2.75, 3.05) is 6.54 Å². The predicted octanol–water partition coefficient (Wildman–Crippen LogP) is 0.810. The van der Waals surface area contributed by atoms with Gasteiger partial charge in [0.05, 0.1) is 0 Å². The van der Waals surface area contributed by atoms with Crippen LogP contribution in [-0.2, 0) is 4.79 Å². The summed E-state index contributed by atoms with van der Waals surface area (Å²) in [6.45, 7) is 0.501. The zero-order valence-corrected chi connectivity index (χ0v) is 10.7. The van der Waals surface area contributed by atoms with E-state index in [2.05, 4.69) is 10.6 Å². The molecule has 6 heteroatoms. The average molecular weight is 257 g/mol. The Morgan fingerprint density at radius 1 is 1.22 bits per heavy atom. The van der Waals surface area contributed by atoms with Crippen LogP contribution >= 0.6 is 0 Å². The normalized spacial score (nSPS) is 23.4. The number of carboxylic acids is 1. The standard InChI is InChI=1S/C12H23N3O3/c13-9-5-1-2-6-10(9)15-12(18)14-8-4-3-7-11(16)17/h9-10H,1-8,13H2,(H,16,17)(H2,14,15,18). The Hall–Kier alpha value is -1.30. The molecule has 1 saturated carbocycles. The maximum Gasteiger partial charge on any atom is 0.315 e. The summed E-state index contributed by atoms with van der Waals surface area (Å²) in [4.78, 5) is 21.8. The third kappa shape index (κ3) is 5.86. The Morgan fingerprint density at radius 2 is 1.94 bits per heavy atom. The van der Waals surface area contributed by atoms with E-state index in [1.54, 1.807) is 0 Å². The number of amides is 2. The molecule has 0 aromatic carbocycles. The lowest BCUT2D eigenvalue weighted by Gasteiger charge is -2.29. The van der Waals surface area contributed by atoms with Gasteiger partial charge in [0, 0.05) is 25.0 Å². The number of carbonyl (C=O) groups excluding carboxylic acids is 1. The smallest absolute Gasteiger partial charge is 0.315 e. The van der Waals surface area contributed by atoms with E-state index in [1.165, 1.54) is 0 Å². The highest BCUT2D eigenvalue weighted by Gasteiger charge is 2.22. The third-order valence-electron chi connectivity index (χ3n) is 3.24. The van der Waals surface area contributed by atoms with Crippen LogP contribution < -0.4 is 16.4 Å². The third-order valence-corrected chi connectivity index (χ3v) is 3.24. The van der Waals surface area contributed by atoms with Gasteiger partial charge in [-0.2, -0.15) is 0 Å². The van der Waals surface area contributed by atoms with E-state index in [4.69, 9.17) is 10.8 Å². The fraction of sp³-hybridized carbons (Fsp3) is 0.833. The molecule has 0 aliphatic heterocycles. The van der Waals surface area contributed by atoms with Crippen LogP contribution in [0.2, 0.25) is 0 Å². The molecule has 1 aliphatic carbocycles.